The minimum absolute atomic E-state index is 0.184. The fourth-order valence-corrected chi connectivity index (χ4v) is 4.28. The van der Waals surface area contributed by atoms with Gasteiger partial charge in [-0.05, 0) is 42.3 Å². The number of amides is 1. The number of nitrogens with zero attached hydrogens (tertiary/aromatic N) is 1. The number of fused-ring (bicyclic) bond motifs is 1. The number of nitrogen functional groups attached to an aromatic ring is 1. The number of hydrogen-bond donors (Lipinski definition) is 2. The normalized spacial score (nSPS) is 19.8. The molecule has 1 unspecified atom stereocenters. The van der Waals surface area contributed by atoms with Crippen molar-refractivity contribution in [1.82, 2.24) is 10.3 Å². The van der Waals surface area contributed by atoms with E-state index in [9.17, 15) is 4.79 Å². The molecule has 1 aliphatic rings. The lowest BCUT2D eigenvalue weighted by Crippen LogP contribution is -2.35. The van der Waals surface area contributed by atoms with Crippen molar-refractivity contribution < 1.29 is 4.79 Å². The molecule has 0 radical (unpaired) electrons. The summed E-state index contributed by atoms with van der Waals surface area (Å²) in [5, 5.41) is 1.18. The second-order valence-electron chi connectivity index (χ2n) is 5.86. The minimum Gasteiger partial charge on any atom is -0.299 e. The molecule has 2 heterocycles. The Hall–Kier alpha value is -1.43. The molecule has 5 heteroatoms. The Kier molecular flexibility index (Phi) is 4.24. The molecule has 0 spiro atoms. The first-order valence-electron chi connectivity index (χ1n) is 7.42. The van der Waals surface area contributed by atoms with Gasteiger partial charge >= 0.3 is 0 Å². The molecule has 2 aromatic rings. The highest BCUT2D eigenvalue weighted by Crippen LogP contribution is 2.33. The molecule has 0 aliphatic carbocycles. The summed E-state index contributed by atoms with van der Waals surface area (Å²) < 4.78 is 1.15. The maximum atomic E-state index is 12.1. The van der Waals surface area contributed by atoms with Crippen LogP contribution in [-0.4, -0.2) is 23.9 Å². The molecule has 3 rings (SSSR count). The Balaban J connectivity index is 1.96. The Morgan fingerprint density at radius 3 is 3.05 bits per heavy atom. The topological polar surface area (TPSA) is 58.4 Å². The van der Waals surface area contributed by atoms with Crippen molar-refractivity contribution in [2.24, 2.45) is 11.8 Å². The number of rotatable bonds is 3. The molecule has 0 saturated carbocycles. The number of piperidine rings is 1. The van der Waals surface area contributed by atoms with E-state index in [4.69, 9.17) is 5.84 Å². The van der Waals surface area contributed by atoms with E-state index in [0.29, 0.717) is 0 Å². The average Bonchev–Trinajstić information content (AvgIpc) is 2.85. The fourth-order valence-electron chi connectivity index (χ4n) is 3.16. The van der Waals surface area contributed by atoms with Crippen LogP contribution < -0.4 is 11.3 Å². The number of hydrogen-bond acceptors (Lipinski definition) is 4. The number of benzene rings is 1. The molecule has 1 saturated heterocycles. The molecule has 1 aromatic carbocycles. The molecule has 0 bridgehead atoms. The maximum absolute atomic E-state index is 12.1. The number of thiophene rings is 1. The third kappa shape index (κ3) is 2.95. The summed E-state index contributed by atoms with van der Waals surface area (Å²) >= 11 is 1.53. The zero-order valence-electron chi connectivity index (χ0n) is 12.3. The predicted molar refractivity (Wildman–Crippen MR) is 87.2 cm³/mol. The van der Waals surface area contributed by atoms with Crippen molar-refractivity contribution in [1.29, 1.82) is 0 Å². The first-order chi connectivity index (χ1) is 10.2. The lowest BCUT2D eigenvalue weighted by atomic mass is 9.99. The molecule has 1 atom stereocenters. The molecular formula is C16H21N3OS. The molecule has 4 nitrogen and oxygen atoms in total. The number of nitrogens with one attached hydrogen (secondary N) is 1. The van der Waals surface area contributed by atoms with Gasteiger partial charge in [-0.2, -0.15) is 0 Å². The van der Waals surface area contributed by atoms with Crippen LogP contribution in [0.4, 0.5) is 0 Å². The SMILES string of the molecule is CC1CCCN(Cc2c(C(=O)NN)sc3ccccc23)C1. The Labute approximate surface area is 128 Å². The van der Waals surface area contributed by atoms with E-state index in [2.05, 4.69) is 29.4 Å². The van der Waals surface area contributed by atoms with Gasteiger partial charge in [-0.1, -0.05) is 25.1 Å². The van der Waals surface area contributed by atoms with Gasteiger partial charge in [0.25, 0.3) is 5.91 Å². The average molecular weight is 303 g/mol. The third-order valence-electron chi connectivity index (χ3n) is 4.16. The van der Waals surface area contributed by atoms with E-state index in [0.717, 1.165) is 40.7 Å². The standard InChI is InChI=1S/C16H21N3OS/c1-11-5-4-8-19(9-11)10-13-12-6-2-3-7-14(12)21-15(13)16(20)18-17/h2-3,6-7,11H,4-5,8-10,17H2,1H3,(H,18,20). The van der Waals surface area contributed by atoms with Crippen molar-refractivity contribution in [2.75, 3.05) is 13.1 Å². The Morgan fingerprint density at radius 2 is 2.29 bits per heavy atom. The van der Waals surface area contributed by atoms with Gasteiger partial charge in [0.05, 0.1) is 4.88 Å². The van der Waals surface area contributed by atoms with E-state index in [-0.39, 0.29) is 5.91 Å². The molecule has 112 valence electrons. The van der Waals surface area contributed by atoms with E-state index < -0.39 is 0 Å². The summed E-state index contributed by atoms with van der Waals surface area (Å²) in [4.78, 5) is 15.3. The smallest absolute Gasteiger partial charge is 0.275 e. The zero-order chi connectivity index (χ0) is 14.8. The summed E-state index contributed by atoms with van der Waals surface area (Å²) in [5.74, 6) is 5.89. The predicted octanol–water partition coefficient (Wildman–Crippen LogP) is 2.74. The second-order valence-corrected chi connectivity index (χ2v) is 6.91. The van der Waals surface area contributed by atoms with Gasteiger partial charge in [0.1, 0.15) is 0 Å². The van der Waals surface area contributed by atoms with Crippen molar-refractivity contribution in [3.05, 3.63) is 34.7 Å². The van der Waals surface area contributed by atoms with Crippen LogP contribution in [0.3, 0.4) is 0 Å². The summed E-state index contributed by atoms with van der Waals surface area (Å²) in [5.41, 5.74) is 3.40. The van der Waals surface area contributed by atoms with Crippen molar-refractivity contribution >= 4 is 27.3 Å². The largest absolute Gasteiger partial charge is 0.299 e. The first-order valence-corrected chi connectivity index (χ1v) is 8.24. The van der Waals surface area contributed by atoms with Gasteiger partial charge in [0.15, 0.2) is 0 Å². The molecule has 1 aromatic heterocycles. The van der Waals surface area contributed by atoms with Crippen molar-refractivity contribution in [2.45, 2.75) is 26.3 Å². The molecule has 21 heavy (non-hydrogen) atoms. The van der Waals surface area contributed by atoms with Crippen LogP contribution in [-0.2, 0) is 6.54 Å². The lowest BCUT2D eigenvalue weighted by molar-refractivity contribution is 0.0955. The van der Waals surface area contributed by atoms with Crippen molar-refractivity contribution in [3.8, 4) is 0 Å². The zero-order valence-corrected chi connectivity index (χ0v) is 13.1. The van der Waals surface area contributed by atoms with E-state index in [1.54, 1.807) is 0 Å². The number of carbonyl (C=O) groups is 1. The van der Waals surface area contributed by atoms with Crippen LogP contribution in [0, 0.1) is 5.92 Å². The molecule has 3 N–H and O–H groups in total. The first kappa shape index (κ1) is 14.5. The number of carbonyl (C=O) groups excluding carboxylic acids is 1. The highest BCUT2D eigenvalue weighted by atomic mass is 32.1. The Morgan fingerprint density at radius 1 is 1.48 bits per heavy atom. The van der Waals surface area contributed by atoms with Crippen LogP contribution in [0.2, 0.25) is 0 Å². The Bertz CT molecular complexity index is 652. The molecule has 1 fully saturated rings. The van der Waals surface area contributed by atoms with E-state index in [1.165, 1.54) is 29.6 Å². The highest BCUT2D eigenvalue weighted by Gasteiger charge is 2.22. The van der Waals surface area contributed by atoms with Gasteiger partial charge < -0.3 is 0 Å². The summed E-state index contributed by atoms with van der Waals surface area (Å²) in [6.07, 6.45) is 2.54. The quantitative estimate of drug-likeness (QED) is 0.521. The van der Waals surface area contributed by atoms with E-state index >= 15 is 0 Å². The summed E-state index contributed by atoms with van der Waals surface area (Å²) in [7, 11) is 0. The van der Waals surface area contributed by atoms with Gasteiger partial charge in [-0.3, -0.25) is 15.1 Å². The number of likely N-dealkylation sites (tertiary alicyclic amines) is 1. The van der Waals surface area contributed by atoms with E-state index in [1.807, 2.05) is 12.1 Å². The van der Waals surface area contributed by atoms with Crippen molar-refractivity contribution in [3.63, 3.8) is 0 Å². The van der Waals surface area contributed by atoms with Crippen LogP contribution in [0.15, 0.2) is 24.3 Å². The van der Waals surface area contributed by atoms with Crippen LogP contribution in [0.1, 0.15) is 35.0 Å². The highest BCUT2D eigenvalue weighted by molar-refractivity contribution is 7.21. The summed E-state index contributed by atoms with van der Waals surface area (Å²) in [6.45, 7) is 5.34. The van der Waals surface area contributed by atoms with Crippen LogP contribution >= 0.6 is 11.3 Å². The molecule has 1 aliphatic heterocycles. The molecular weight excluding hydrogens is 282 g/mol. The second kappa shape index (κ2) is 6.13. The number of hydrazine groups is 1. The van der Waals surface area contributed by atoms with Crippen LogP contribution in [0.25, 0.3) is 10.1 Å². The summed E-state index contributed by atoms with van der Waals surface area (Å²) in [6, 6.07) is 8.20. The van der Waals surface area contributed by atoms with Gasteiger partial charge in [0.2, 0.25) is 0 Å². The van der Waals surface area contributed by atoms with Gasteiger partial charge in [-0.25, -0.2) is 5.84 Å². The fraction of sp³-hybridized carbons (Fsp3) is 0.438. The number of nitrogens with two attached hydrogens (primary N) is 1. The molecule has 1 amide bonds. The third-order valence-corrected chi connectivity index (χ3v) is 5.37. The minimum atomic E-state index is -0.184. The monoisotopic (exact) mass is 303 g/mol. The van der Waals surface area contributed by atoms with Gasteiger partial charge in [-0.15, -0.1) is 11.3 Å². The van der Waals surface area contributed by atoms with Gasteiger partial charge in [0, 0.05) is 17.8 Å². The van der Waals surface area contributed by atoms with Crippen LogP contribution in [0.5, 0.6) is 0 Å². The maximum Gasteiger partial charge on any atom is 0.275 e. The lowest BCUT2D eigenvalue weighted by Gasteiger charge is -2.30.